The second-order valence-corrected chi connectivity index (χ2v) is 7.18. The van der Waals surface area contributed by atoms with Crippen molar-refractivity contribution in [3.8, 4) is 0 Å². The smallest absolute Gasteiger partial charge is 0.329 e. The van der Waals surface area contributed by atoms with Gasteiger partial charge in [0.15, 0.2) is 0 Å². The molecule has 1 heterocycles. The highest BCUT2D eigenvalue weighted by Gasteiger charge is 2.30. The number of amides is 2. The van der Waals surface area contributed by atoms with E-state index in [2.05, 4.69) is 4.74 Å². The Bertz CT molecular complexity index is 816. The molecule has 0 aromatic heterocycles. The molecule has 1 saturated heterocycles. The first-order chi connectivity index (χ1) is 13.5. The van der Waals surface area contributed by atoms with Gasteiger partial charge in [-0.25, -0.2) is 4.79 Å². The lowest BCUT2D eigenvalue weighted by molar-refractivity contribution is -0.140. The lowest BCUT2D eigenvalue weighted by Crippen LogP contribution is -2.31. The van der Waals surface area contributed by atoms with Crippen LogP contribution in [-0.2, 0) is 22.4 Å². The predicted octanol–water partition coefficient (Wildman–Crippen LogP) is 3.13. The van der Waals surface area contributed by atoms with Crippen molar-refractivity contribution in [2.45, 2.75) is 32.2 Å². The number of urea groups is 1. The van der Waals surface area contributed by atoms with E-state index >= 15 is 0 Å². The summed E-state index contributed by atoms with van der Waals surface area (Å²) in [6, 6.07) is 15.9. The lowest BCUT2D eigenvalue weighted by atomic mass is 10.1. The molecule has 1 fully saturated rings. The van der Waals surface area contributed by atoms with Crippen LogP contribution in [0, 0.1) is 0 Å². The molecule has 0 spiro atoms. The molecule has 2 aromatic rings. The fourth-order valence-electron chi connectivity index (χ4n) is 3.39. The number of esters is 1. The van der Waals surface area contributed by atoms with Crippen LogP contribution in [-0.4, -0.2) is 38.2 Å². The number of nitrogens with two attached hydrogens (primary N) is 1. The monoisotopic (exact) mass is 381 g/mol. The number of methoxy groups -OCH3 is 1. The van der Waals surface area contributed by atoms with E-state index in [1.165, 1.54) is 12.7 Å². The van der Waals surface area contributed by atoms with Gasteiger partial charge in [0.05, 0.1) is 7.11 Å². The highest BCUT2D eigenvalue weighted by molar-refractivity contribution is 6.06. The van der Waals surface area contributed by atoms with Crippen molar-refractivity contribution in [2.24, 2.45) is 5.73 Å². The third-order valence-corrected chi connectivity index (χ3v) is 4.91. The molecule has 1 atom stereocenters. The molecule has 2 N–H and O–H groups in total. The summed E-state index contributed by atoms with van der Waals surface area (Å²) in [5, 5.41) is 0. The van der Waals surface area contributed by atoms with Crippen LogP contribution in [0.5, 0.6) is 0 Å². The van der Waals surface area contributed by atoms with Gasteiger partial charge in [-0.2, -0.15) is 0 Å². The van der Waals surface area contributed by atoms with E-state index in [0.29, 0.717) is 25.9 Å². The van der Waals surface area contributed by atoms with Crippen molar-refractivity contribution >= 4 is 23.4 Å². The Labute approximate surface area is 165 Å². The molecule has 2 amide bonds. The molecule has 0 aliphatic carbocycles. The predicted molar refractivity (Wildman–Crippen MR) is 111 cm³/mol. The summed E-state index contributed by atoms with van der Waals surface area (Å²) in [5.74, 6) is -0.221. The minimum atomic E-state index is -0.221. The first-order valence-corrected chi connectivity index (χ1v) is 9.57. The van der Waals surface area contributed by atoms with Crippen molar-refractivity contribution in [1.82, 2.24) is 0 Å². The molecule has 0 bridgehead atoms. The maximum atomic E-state index is 12.9. The Kier molecular flexibility index (Phi) is 6.31. The summed E-state index contributed by atoms with van der Waals surface area (Å²) < 4.78 is 4.67. The highest BCUT2D eigenvalue weighted by atomic mass is 16.5. The van der Waals surface area contributed by atoms with E-state index in [4.69, 9.17) is 5.73 Å². The summed E-state index contributed by atoms with van der Waals surface area (Å²) >= 11 is 0. The normalized spacial score (nSPS) is 15.0. The van der Waals surface area contributed by atoms with Gasteiger partial charge in [0.25, 0.3) is 0 Å². The SMILES string of the molecule is COC(=O)CCc1ccc(N2CCN(c3ccc(CC(C)N)cc3)C2=O)cc1. The summed E-state index contributed by atoms with van der Waals surface area (Å²) in [6.07, 6.45) is 1.80. The average molecular weight is 381 g/mol. The van der Waals surface area contributed by atoms with Gasteiger partial charge in [-0.3, -0.25) is 14.6 Å². The van der Waals surface area contributed by atoms with Gasteiger partial charge in [0, 0.05) is 36.9 Å². The third kappa shape index (κ3) is 4.70. The number of benzene rings is 2. The molecule has 28 heavy (non-hydrogen) atoms. The molecular weight excluding hydrogens is 354 g/mol. The van der Waals surface area contributed by atoms with E-state index in [1.807, 2.05) is 55.5 Å². The minimum Gasteiger partial charge on any atom is -0.469 e. The van der Waals surface area contributed by atoms with E-state index in [9.17, 15) is 9.59 Å². The van der Waals surface area contributed by atoms with Crippen molar-refractivity contribution < 1.29 is 14.3 Å². The van der Waals surface area contributed by atoms with Crippen molar-refractivity contribution in [3.63, 3.8) is 0 Å². The molecule has 1 unspecified atom stereocenters. The van der Waals surface area contributed by atoms with Crippen LogP contribution in [0.1, 0.15) is 24.5 Å². The van der Waals surface area contributed by atoms with Crippen LogP contribution in [0.25, 0.3) is 0 Å². The van der Waals surface area contributed by atoms with Crippen molar-refractivity contribution in [1.29, 1.82) is 0 Å². The van der Waals surface area contributed by atoms with Crippen LogP contribution in [0.15, 0.2) is 48.5 Å². The molecule has 1 aliphatic heterocycles. The van der Waals surface area contributed by atoms with Gasteiger partial charge >= 0.3 is 12.0 Å². The Morgan fingerprint density at radius 3 is 1.96 bits per heavy atom. The zero-order valence-electron chi connectivity index (χ0n) is 16.4. The maximum Gasteiger partial charge on any atom is 0.329 e. The lowest BCUT2D eigenvalue weighted by Gasteiger charge is -2.19. The number of ether oxygens (including phenoxy) is 1. The van der Waals surface area contributed by atoms with Crippen molar-refractivity contribution in [2.75, 3.05) is 30.0 Å². The van der Waals surface area contributed by atoms with Gasteiger partial charge in [-0.15, -0.1) is 0 Å². The van der Waals surface area contributed by atoms with E-state index in [0.717, 1.165) is 23.4 Å². The average Bonchev–Trinajstić information content (AvgIpc) is 3.08. The summed E-state index contributed by atoms with van der Waals surface area (Å²) in [7, 11) is 1.39. The zero-order valence-corrected chi connectivity index (χ0v) is 16.4. The number of anilines is 2. The molecule has 1 aliphatic rings. The quantitative estimate of drug-likeness (QED) is 0.748. The van der Waals surface area contributed by atoms with Gasteiger partial charge in [0.1, 0.15) is 0 Å². The summed E-state index contributed by atoms with van der Waals surface area (Å²) in [6.45, 7) is 3.27. The number of nitrogens with zero attached hydrogens (tertiary/aromatic N) is 2. The highest BCUT2D eigenvalue weighted by Crippen LogP contribution is 2.26. The van der Waals surface area contributed by atoms with Crippen molar-refractivity contribution in [3.05, 3.63) is 59.7 Å². The van der Waals surface area contributed by atoms with Crippen LogP contribution >= 0.6 is 0 Å². The number of aryl methyl sites for hydroxylation is 1. The maximum absolute atomic E-state index is 12.9. The number of carbonyl (C=O) groups excluding carboxylic acids is 2. The first-order valence-electron chi connectivity index (χ1n) is 9.57. The molecule has 6 heteroatoms. The standard InChI is InChI=1S/C22H27N3O3/c1-16(23)15-18-5-10-20(11-6-18)25-14-13-24(22(25)27)19-8-3-17(4-9-19)7-12-21(26)28-2/h3-6,8-11,16H,7,12-15,23H2,1-2H3. The number of rotatable bonds is 7. The summed E-state index contributed by atoms with van der Waals surface area (Å²) in [4.78, 5) is 27.7. The largest absolute Gasteiger partial charge is 0.469 e. The second kappa shape index (κ2) is 8.89. The molecule has 0 saturated carbocycles. The molecule has 3 rings (SSSR count). The van der Waals surface area contributed by atoms with Gasteiger partial charge < -0.3 is 10.5 Å². The van der Waals surface area contributed by atoms with Crippen LogP contribution in [0.3, 0.4) is 0 Å². The van der Waals surface area contributed by atoms with Gasteiger partial charge in [0.2, 0.25) is 0 Å². The third-order valence-electron chi connectivity index (χ3n) is 4.91. The number of hydrogen-bond acceptors (Lipinski definition) is 4. The Morgan fingerprint density at radius 2 is 1.50 bits per heavy atom. The fraction of sp³-hybridized carbons (Fsp3) is 0.364. The zero-order chi connectivity index (χ0) is 20.1. The van der Waals surface area contributed by atoms with E-state index in [1.54, 1.807) is 9.80 Å². The summed E-state index contributed by atoms with van der Waals surface area (Å²) in [5.41, 5.74) is 9.82. The van der Waals surface area contributed by atoms with Crippen LogP contribution in [0.4, 0.5) is 16.2 Å². The van der Waals surface area contributed by atoms with Crippen LogP contribution in [0.2, 0.25) is 0 Å². The number of carbonyl (C=O) groups is 2. The number of hydrogen-bond donors (Lipinski definition) is 1. The van der Waals surface area contributed by atoms with E-state index < -0.39 is 0 Å². The Morgan fingerprint density at radius 1 is 1.00 bits per heavy atom. The first kappa shape index (κ1) is 19.9. The topological polar surface area (TPSA) is 75.9 Å². The Balaban J connectivity index is 1.64. The molecular formula is C22H27N3O3. The van der Waals surface area contributed by atoms with Crippen LogP contribution < -0.4 is 15.5 Å². The molecule has 0 radical (unpaired) electrons. The second-order valence-electron chi connectivity index (χ2n) is 7.18. The fourth-order valence-corrected chi connectivity index (χ4v) is 3.39. The van der Waals surface area contributed by atoms with Gasteiger partial charge in [-0.05, 0) is 55.2 Å². The van der Waals surface area contributed by atoms with Gasteiger partial charge in [-0.1, -0.05) is 24.3 Å². The minimum absolute atomic E-state index is 0.0257. The Hall–Kier alpha value is -2.86. The molecule has 6 nitrogen and oxygen atoms in total. The molecule has 148 valence electrons. The van der Waals surface area contributed by atoms with E-state index in [-0.39, 0.29) is 18.0 Å². The molecule has 2 aromatic carbocycles.